The molecule has 0 saturated carbocycles. The zero-order chi connectivity index (χ0) is 29.8. The number of halogens is 3. The molecular formula is C32H29ClF2N4O2Ti. The first-order chi connectivity index (χ1) is 20.2. The van der Waals surface area contributed by atoms with Gasteiger partial charge in [-0.05, 0) is 0 Å². The third-order valence-corrected chi connectivity index (χ3v) is 9.36. The molecule has 0 spiro atoms. The van der Waals surface area contributed by atoms with Gasteiger partial charge in [0.2, 0.25) is 0 Å². The number of rotatable bonds is 11. The molecule has 6 nitrogen and oxygen atoms in total. The van der Waals surface area contributed by atoms with Crippen molar-refractivity contribution in [2.24, 2.45) is 0 Å². The Kier molecular flexibility index (Phi) is 9.36. The average molecular weight is 623 g/mol. The van der Waals surface area contributed by atoms with Crippen molar-refractivity contribution >= 4 is 31.2 Å². The molecule has 1 heterocycles. The van der Waals surface area contributed by atoms with E-state index in [1.54, 1.807) is 50.6 Å². The molecule has 0 fully saturated rings. The summed E-state index contributed by atoms with van der Waals surface area (Å²) in [6.45, 7) is 3.50. The number of amides is 1. The van der Waals surface area contributed by atoms with Crippen LogP contribution in [0.5, 0.6) is 0 Å². The van der Waals surface area contributed by atoms with Crippen molar-refractivity contribution in [3.05, 3.63) is 125 Å². The van der Waals surface area contributed by atoms with E-state index in [-0.39, 0.29) is 20.1 Å². The van der Waals surface area contributed by atoms with Gasteiger partial charge in [-0.25, -0.2) is 0 Å². The molecule has 0 aliphatic heterocycles. The van der Waals surface area contributed by atoms with E-state index in [1.165, 1.54) is 11.0 Å². The van der Waals surface area contributed by atoms with Gasteiger partial charge >= 0.3 is 258 Å². The van der Waals surface area contributed by atoms with Gasteiger partial charge in [0.25, 0.3) is 0 Å². The zero-order valence-electron chi connectivity index (χ0n) is 23.2. The topological polar surface area (TPSA) is 69.3 Å². The van der Waals surface area contributed by atoms with E-state index in [1.807, 2.05) is 41.4 Å². The van der Waals surface area contributed by atoms with Crippen molar-refractivity contribution in [3.63, 3.8) is 0 Å². The van der Waals surface area contributed by atoms with Crippen molar-refractivity contribution in [3.8, 4) is 0 Å². The van der Waals surface area contributed by atoms with E-state index >= 15 is 8.78 Å². The molecule has 1 amide bonds. The SMILES string of the molecule is CC(C)N(C(=O)c1ccc(Cl)cc1)c1ccc(F)[c]([Ti][C](=O)[C@H](Cc2c[nH]cn2)N(C2=CC=CC2)C2=CC=CC2)c1F. The number of anilines is 1. The summed E-state index contributed by atoms with van der Waals surface area (Å²) < 4.78 is 31.1. The molecule has 2 aromatic carbocycles. The molecule has 214 valence electrons. The summed E-state index contributed by atoms with van der Waals surface area (Å²) in [6, 6.07) is 7.55. The number of hydrogen-bond acceptors (Lipinski definition) is 4. The number of imidazole rings is 1. The Hall–Kier alpha value is -3.59. The van der Waals surface area contributed by atoms with Crippen LogP contribution >= 0.6 is 11.6 Å². The number of benzene rings is 2. The van der Waals surface area contributed by atoms with Crippen LogP contribution in [-0.4, -0.2) is 36.9 Å². The van der Waals surface area contributed by atoms with Crippen LogP contribution in [0, 0.1) is 11.6 Å². The van der Waals surface area contributed by atoms with Crippen molar-refractivity contribution in [1.29, 1.82) is 0 Å². The van der Waals surface area contributed by atoms with Gasteiger partial charge in [0, 0.05) is 0 Å². The molecule has 0 radical (unpaired) electrons. The number of aromatic nitrogens is 2. The first kappa shape index (κ1) is 29.9. The van der Waals surface area contributed by atoms with Gasteiger partial charge in [0.1, 0.15) is 0 Å². The van der Waals surface area contributed by atoms with Gasteiger partial charge in [-0.1, -0.05) is 0 Å². The average Bonchev–Trinajstić information content (AvgIpc) is 3.77. The first-order valence-electron chi connectivity index (χ1n) is 13.6. The molecule has 0 saturated heterocycles. The summed E-state index contributed by atoms with van der Waals surface area (Å²) in [7, 11) is 0. The summed E-state index contributed by atoms with van der Waals surface area (Å²) in [4.78, 5) is 38.2. The molecule has 0 unspecified atom stereocenters. The number of nitrogens with one attached hydrogen (secondary N) is 1. The third kappa shape index (κ3) is 6.41. The number of hydrogen-bond donors (Lipinski definition) is 1. The van der Waals surface area contributed by atoms with Crippen molar-refractivity contribution in [2.75, 3.05) is 4.90 Å². The summed E-state index contributed by atoms with van der Waals surface area (Å²) in [6.07, 6.45) is 16.7. The standard InChI is InChI=1S/C16H13ClF2NO.C16H16N3O.Ti/c1-10(2)20(15-8-7-13(18)9-14(15)19)16(21)11-3-5-12(17)6-4-11;20-11-16(9-13-10-17-12-18-13)19(14-5-1-2-6-14)15-7-3-4-8-15;/h3-8,10H,1-2H3;1-5,7,10,12,16H,6,8-9H2,(H,17,18);/t;16-;/m.0./s1. The van der Waals surface area contributed by atoms with E-state index < -0.39 is 48.8 Å². The molecule has 42 heavy (non-hydrogen) atoms. The van der Waals surface area contributed by atoms with Gasteiger partial charge in [-0.3, -0.25) is 0 Å². The first-order valence-corrected chi connectivity index (χ1v) is 15.5. The fraction of sp³-hybridized carbons (Fsp3) is 0.219. The minimum atomic E-state index is -2.01. The number of H-pyrrole nitrogens is 1. The van der Waals surface area contributed by atoms with E-state index in [0.29, 0.717) is 29.1 Å². The van der Waals surface area contributed by atoms with E-state index in [0.717, 1.165) is 17.5 Å². The Bertz CT molecular complexity index is 1570. The van der Waals surface area contributed by atoms with Crippen LogP contribution in [0.3, 0.4) is 0 Å². The molecule has 1 N–H and O–H groups in total. The molecule has 2 aliphatic carbocycles. The number of nitrogens with zero attached hydrogens (tertiary/aromatic N) is 3. The summed E-state index contributed by atoms with van der Waals surface area (Å²) in [5.74, 6) is -2.12. The summed E-state index contributed by atoms with van der Waals surface area (Å²) in [5, 5.41) is 0.466. The molecule has 2 aliphatic rings. The fourth-order valence-electron chi connectivity index (χ4n) is 5.12. The predicted octanol–water partition coefficient (Wildman–Crippen LogP) is 6.23. The predicted molar refractivity (Wildman–Crippen MR) is 156 cm³/mol. The molecule has 0 bridgehead atoms. The molecule has 1 atom stereocenters. The monoisotopic (exact) mass is 622 g/mol. The van der Waals surface area contributed by atoms with Gasteiger partial charge in [0.15, 0.2) is 0 Å². The van der Waals surface area contributed by atoms with Crippen molar-refractivity contribution < 1.29 is 37.5 Å². The maximum atomic E-state index is 16.2. The second kappa shape index (κ2) is 13.2. The Morgan fingerprint density at radius 3 is 2.24 bits per heavy atom. The maximum absolute atomic E-state index is 16.2. The van der Waals surface area contributed by atoms with E-state index in [4.69, 9.17) is 11.6 Å². The van der Waals surface area contributed by atoms with E-state index in [2.05, 4.69) is 9.97 Å². The molecular weight excluding hydrogens is 594 g/mol. The second-order valence-electron chi connectivity index (χ2n) is 10.3. The van der Waals surface area contributed by atoms with Crippen LogP contribution in [0.15, 0.2) is 96.8 Å². The molecule has 1 aromatic heterocycles. The fourth-order valence-corrected chi connectivity index (χ4v) is 6.94. The Labute approximate surface area is 257 Å². The van der Waals surface area contributed by atoms with Crippen LogP contribution in [-0.2, 0) is 30.4 Å². The van der Waals surface area contributed by atoms with Gasteiger partial charge in [0.05, 0.1) is 0 Å². The van der Waals surface area contributed by atoms with Crippen LogP contribution in [0.25, 0.3) is 0 Å². The summed E-state index contributed by atoms with van der Waals surface area (Å²) in [5.41, 5.74) is 2.82. The minimum absolute atomic E-state index is 0.0657. The number of carbonyl (C=O) groups excluding carboxylic acids is 2. The number of allylic oxidation sites excluding steroid dienone is 6. The van der Waals surface area contributed by atoms with Crippen LogP contribution in [0.2, 0.25) is 5.02 Å². The number of aromatic amines is 1. The van der Waals surface area contributed by atoms with Gasteiger partial charge in [-0.2, -0.15) is 0 Å². The van der Waals surface area contributed by atoms with Gasteiger partial charge in [-0.15, -0.1) is 0 Å². The van der Waals surface area contributed by atoms with Gasteiger partial charge < -0.3 is 0 Å². The molecule has 3 aromatic rings. The normalized spacial score (nSPS) is 14.6. The van der Waals surface area contributed by atoms with Crippen molar-refractivity contribution in [2.45, 2.75) is 45.2 Å². The Morgan fingerprint density at radius 2 is 1.69 bits per heavy atom. The Balaban J connectivity index is 1.50. The quantitative estimate of drug-likeness (QED) is 0.258. The zero-order valence-corrected chi connectivity index (χ0v) is 25.5. The summed E-state index contributed by atoms with van der Waals surface area (Å²) >= 11 is 3.97. The number of carbonyl (C=O) groups is 2. The van der Waals surface area contributed by atoms with Crippen molar-refractivity contribution in [1.82, 2.24) is 14.9 Å². The molecule has 10 heteroatoms. The van der Waals surface area contributed by atoms with Crippen LogP contribution in [0.1, 0.15) is 42.7 Å². The second-order valence-corrected chi connectivity index (χ2v) is 12.6. The third-order valence-electron chi connectivity index (χ3n) is 7.10. The van der Waals surface area contributed by atoms with Crippen LogP contribution < -0.4 is 8.77 Å². The Morgan fingerprint density at radius 1 is 1.02 bits per heavy atom. The van der Waals surface area contributed by atoms with E-state index in [9.17, 15) is 9.59 Å². The molecule has 5 rings (SSSR count). The van der Waals surface area contributed by atoms with Crippen LogP contribution in [0.4, 0.5) is 14.5 Å².